The molecule has 0 amide bonds. The SMILES string of the molecule is CC(C)(C)CNCCCOCCCNC(C)(C)C. The highest BCUT2D eigenvalue weighted by atomic mass is 16.5. The van der Waals surface area contributed by atoms with Gasteiger partial charge < -0.3 is 15.4 Å². The van der Waals surface area contributed by atoms with Crippen LogP contribution in [0, 0.1) is 5.41 Å². The van der Waals surface area contributed by atoms with E-state index in [1.807, 2.05) is 0 Å². The van der Waals surface area contributed by atoms with Crippen molar-refractivity contribution in [3.05, 3.63) is 0 Å². The fraction of sp³-hybridized carbons (Fsp3) is 1.00. The van der Waals surface area contributed by atoms with Crippen molar-refractivity contribution in [1.82, 2.24) is 10.6 Å². The quantitative estimate of drug-likeness (QED) is 0.624. The molecule has 3 heteroatoms. The molecule has 0 fully saturated rings. The molecule has 0 aliphatic carbocycles. The third kappa shape index (κ3) is 15.9. The van der Waals surface area contributed by atoms with Crippen LogP contribution in [-0.4, -0.2) is 38.4 Å². The van der Waals surface area contributed by atoms with E-state index >= 15 is 0 Å². The third-order valence-corrected chi connectivity index (χ3v) is 2.42. The molecule has 3 nitrogen and oxygen atoms in total. The van der Waals surface area contributed by atoms with Crippen molar-refractivity contribution >= 4 is 0 Å². The molecule has 2 N–H and O–H groups in total. The van der Waals surface area contributed by atoms with Gasteiger partial charge in [0, 0.05) is 18.8 Å². The molecule has 0 aromatic heterocycles. The first-order valence-corrected chi connectivity index (χ1v) is 7.24. The smallest absolute Gasteiger partial charge is 0.0478 e. The van der Waals surface area contributed by atoms with Gasteiger partial charge in [-0.2, -0.15) is 0 Å². The molecular weight excluding hydrogens is 224 g/mol. The molecule has 0 aromatic carbocycles. The van der Waals surface area contributed by atoms with E-state index in [9.17, 15) is 0 Å². The summed E-state index contributed by atoms with van der Waals surface area (Å²) in [5, 5.41) is 6.91. The second-order valence-corrected chi connectivity index (χ2v) is 7.23. The predicted octanol–water partition coefficient (Wildman–Crippen LogP) is 2.81. The Morgan fingerprint density at radius 2 is 1.39 bits per heavy atom. The van der Waals surface area contributed by atoms with Gasteiger partial charge in [0.15, 0.2) is 0 Å². The maximum absolute atomic E-state index is 5.60. The van der Waals surface area contributed by atoms with E-state index in [-0.39, 0.29) is 5.54 Å². The number of nitrogens with one attached hydrogen (secondary N) is 2. The summed E-state index contributed by atoms with van der Waals surface area (Å²) in [6.45, 7) is 18.2. The van der Waals surface area contributed by atoms with Crippen molar-refractivity contribution in [1.29, 1.82) is 0 Å². The summed E-state index contributed by atoms with van der Waals surface area (Å²) in [4.78, 5) is 0. The zero-order chi connectivity index (χ0) is 14.1. The average molecular weight is 258 g/mol. The van der Waals surface area contributed by atoms with Gasteiger partial charge in [0.05, 0.1) is 0 Å². The van der Waals surface area contributed by atoms with Crippen LogP contribution >= 0.6 is 0 Å². The summed E-state index contributed by atoms with van der Waals surface area (Å²) in [5.74, 6) is 0. The normalized spacial score (nSPS) is 13.0. The van der Waals surface area contributed by atoms with Crippen molar-refractivity contribution in [3.63, 3.8) is 0 Å². The number of rotatable bonds is 9. The minimum Gasteiger partial charge on any atom is -0.381 e. The van der Waals surface area contributed by atoms with Crippen molar-refractivity contribution in [3.8, 4) is 0 Å². The molecule has 0 unspecified atom stereocenters. The van der Waals surface area contributed by atoms with Crippen LogP contribution in [0.2, 0.25) is 0 Å². The van der Waals surface area contributed by atoms with Crippen LogP contribution in [0.1, 0.15) is 54.4 Å². The average Bonchev–Trinajstić information content (AvgIpc) is 2.17. The topological polar surface area (TPSA) is 33.3 Å². The van der Waals surface area contributed by atoms with Crippen LogP contribution < -0.4 is 10.6 Å². The molecule has 110 valence electrons. The molecule has 0 heterocycles. The van der Waals surface area contributed by atoms with Gasteiger partial charge in [0.1, 0.15) is 0 Å². The summed E-state index contributed by atoms with van der Waals surface area (Å²) in [7, 11) is 0. The first-order valence-electron chi connectivity index (χ1n) is 7.24. The maximum Gasteiger partial charge on any atom is 0.0478 e. The lowest BCUT2D eigenvalue weighted by Gasteiger charge is -2.20. The Morgan fingerprint density at radius 1 is 0.833 bits per heavy atom. The monoisotopic (exact) mass is 258 g/mol. The minimum atomic E-state index is 0.219. The van der Waals surface area contributed by atoms with E-state index in [0.717, 1.165) is 45.7 Å². The first-order chi connectivity index (χ1) is 8.21. The molecule has 0 rings (SSSR count). The zero-order valence-electron chi connectivity index (χ0n) is 13.4. The molecule has 0 aromatic rings. The predicted molar refractivity (Wildman–Crippen MR) is 80.1 cm³/mol. The summed E-state index contributed by atoms with van der Waals surface area (Å²) in [5.41, 5.74) is 0.594. The van der Waals surface area contributed by atoms with Crippen LogP contribution in [0.5, 0.6) is 0 Å². The Labute approximate surface area is 114 Å². The molecular formula is C15H34N2O. The van der Waals surface area contributed by atoms with E-state index in [2.05, 4.69) is 52.2 Å². The Morgan fingerprint density at radius 3 is 1.89 bits per heavy atom. The van der Waals surface area contributed by atoms with E-state index < -0.39 is 0 Å². The number of ether oxygens (including phenoxy) is 1. The molecule has 0 atom stereocenters. The second kappa shape index (κ2) is 8.89. The highest BCUT2D eigenvalue weighted by Crippen LogP contribution is 2.09. The van der Waals surface area contributed by atoms with Gasteiger partial charge in [0.2, 0.25) is 0 Å². The summed E-state index contributed by atoms with van der Waals surface area (Å²) < 4.78 is 5.60. The second-order valence-electron chi connectivity index (χ2n) is 7.23. The van der Waals surface area contributed by atoms with E-state index in [1.165, 1.54) is 0 Å². The lowest BCUT2D eigenvalue weighted by atomic mass is 9.97. The molecule has 0 saturated heterocycles. The van der Waals surface area contributed by atoms with Gasteiger partial charge in [-0.1, -0.05) is 20.8 Å². The molecule has 18 heavy (non-hydrogen) atoms. The molecule has 0 saturated carbocycles. The fourth-order valence-electron chi connectivity index (χ4n) is 1.50. The van der Waals surface area contributed by atoms with E-state index in [4.69, 9.17) is 4.74 Å². The maximum atomic E-state index is 5.60. The zero-order valence-corrected chi connectivity index (χ0v) is 13.4. The summed E-state index contributed by atoms with van der Waals surface area (Å²) >= 11 is 0. The molecule has 0 radical (unpaired) electrons. The Balaban J connectivity index is 3.13. The Hall–Kier alpha value is -0.120. The third-order valence-electron chi connectivity index (χ3n) is 2.42. The standard InChI is InChI=1S/C15H34N2O/c1-14(2,3)13-16-9-7-11-18-12-8-10-17-15(4,5)6/h16-17H,7-13H2,1-6H3. The molecule has 0 aliphatic heterocycles. The van der Waals surface area contributed by atoms with Gasteiger partial charge in [-0.15, -0.1) is 0 Å². The highest BCUT2D eigenvalue weighted by Gasteiger charge is 2.08. The summed E-state index contributed by atoms with van der Waals surface area (Å²) in [6.07, 6.45) is 2.19. The van der Waals surface area contributed by atoms with Crippen LogP contribution in [0.15, 0.2) is 0 Å². The van der Waals surface area contributed by atoms with Crippen molar-refractivity contribution in [2.75, 3.05) is 32.8 Å². The van der Waals surface area contributed by atoms with Crippen LogP contribution in [0.25, 0.3) is 0 Å². The van der Waals surface area contributed by atoms with Gasteiger partial charge in [-0.3, -0.25) is 0 Å². The van der Waals surface area contributed by atoms with E-state index in [1.54, 1.807) is 0 Å². The Bertz CT molecular complexity index is 170. The fourth-order valence-corrected chi connectivity index (χ4v) is 1.50. The highest BCUT2D eigenvalue weighted by molar-refractivity contribution is 4.69. The molecule has 0 bridgehead atoms. The van der Waals surface area contributed by atoms with Gasteiger partial charge in [0.25, 0.3) is 0 Å². The first kappa shape index (κ1) is 17.9. The summed E-state index contributed by atoms with van der Waals surface area (Å²) in [6, 6.07) is 0. The van der Waals surface area contributed by atoms with Gasteiger partial charge in [-0.25, -0.2) is 0 Å². The Kier molecular flexibility index (Phi) is 8.83. The van der Waals surface area contributed by atoms with Gasteiger partial charge in [-0.05, 0) is 58.7 Å². The van der Waals surface area contributed by atoms with Crippen molar-refractivity contribution in [2.24, 2.45) is 5.41 Å². The number of hydrogen-bond donors (Lipinski definition) is 2. The van der Waals surface area contributed by atoms with Crippen molar-refractivity contribution in [2.45, 2.75) is 59.9 Å². The van der Waals surface area contributed by atoms with Crippen molar-refractivity contribution < 1.29 is 4.74 Å². The van der Waals surface area contributed by atoms with Crippen LogP contribution in [0.3, 0.4) is 0 Å². The number of hydrogen-bond acceptors (Lipinski definition) is 3. The van der Waals surface area contributed by atoms with Gasteiger partial charge >= 0.3 is 0 Å². The molecule has 0 spiro atoms. The largest absolute Gasteiger partial charge is 0.381 e. The van der Waals surface area contributed by atoms with E-state index in [0.29, 0.717) is 5.41 Å². The van der Waals surface area contributed by atoms with Crippen LogP contribution in [-0.2, 0) is 4.74 Å². The lowest BCUT2D eigenvalue weighted by Crippen LogP contribution is -2.36. The minimum absolute atomic E-state index is 0.219. The lowest BCUT2D eigenvalue weighted by molar-refractivity contribution is 0.127. The van der Waals surface area contributed by atoms with Crippen LogP contribution in [0.4, 0.5) is 0 Å². The molecule has 0 aliphatic rings.